The van der Waals surface area contributed by atoms with Crippen LogP contribution in [0.25, 0.3) is 0 Å². The van der Waals surface area contributed by atoms with Crippen molar-refractivity contribution >= 4 is 5.91 Å². The molecule has 0 aromatic heterocycles. The van der Waals surface area contributed by atoms with Crippen molar-refractivity contribution in [2.24, 2.45) is 5.92 Å². The predicted octanol–water partition coefficient (Wildman–Crippen LogP) is 4.41. The van der Waals surface area contributed by atoms with Gasteiger partial charge in [0.2, 0.25) is 5.91 Å². The summed E-state index contributed by atoms with van der Waals surface area (Å²) in [5.74, 6) is 0.447. The topological polar surface area (TPSA) is 49.8 Å². The minimum absolute atomic E-state index is 0.0368. The Balaban J connectivity index is 1.59. The normalized spacial score (nSPS) is 19.5. The van der Waals surface area contributed by atoms with Gasteiger partial charge in [-0.15, -0.1) is 0 Å². The molecular formula is C26H27NO3. The maximum absolute atomic E-state index is 12.7. The molecule has 1 aliphatic rings. The van der Waals surface area contributed by atoms with Crippen LogP contribution in [0, 0.1) is 5.92 Å². The van der Waals surface area contributed by atoms with Crippen molar-refractivity contribution in [3.63, 3.8) is 0 Å². The molecule has 0 spiro atoms. The molecule has 0 unspecified atom stereocenters. The Kier molecular flexibility index (Phi) is 5.86. The molecule has 0 bridgehead atoms. The van der Waals surface area contributed by atoms with Crippen LogP contribution < -0.4 is 4.74 Å². The zero-order valence-electron chi connectivity index (χ0n) is 17.3. The second-order valence-electron chi connectivity index (χ2n) is 7.88. The Morgan fingerprint density at radius 2 is 1.43 bits per heavy atom. The fraction of sp³-hybridized carbons (Fsp3) is 0.269. The third-order valence-electron chi connectivity index (χ3n) is 6.12. The number of nitrogens with zero attached hydrogens (tertiary/aromatic N) is 1. The number of likely N-dealkylation sites (tertiary alicyclic amines) is 1. The van der Waals surface area contributed by atoms with Gasteiger partial charge in [0.25, 0.3) is 0 Å². The molecule has 0 radical (unpaired) electrons. The monoisotopic (exact) mass is 401 g/mol. The van der Waals surface area contributed by atoms with Gasteiger partial charge in [0.05, 0.1) is 25.2 Å². The molecule has 3 aromatic rings. The van der Waals surface area contributed by atoms with Gasteiger partial charge < -0.3 is 14.7 Å². The molecule has 1 heterocycles. The number of benzene rings is 3. The van der Waals surface area contributed by atoms with Crippen LogP contribution >= 0.6 is 0 Å². The third-order valence-corrected chi connectivity index (χ3v) is 6.12. The van der Waals surface area contributed by atoms with E-state index >= 15 is 0 Å². The van der Waals surface area contributed by atoms with Crippen LogP contribution in [0.4, 0.5) is 0 Å². The lowest BCUT2D eigenvalue weighted by Gasteiger charge is -2.46. The molecule has 0 saturated carbocycles. The molecule has 1 amide bonds. The average Bonchev–Trinajstić information content (AvgIpc) is 2.80. The zero-order chi connectivity index (χ0) is 21.1. The first-order valence-corrected chi connectivity index (χ1v) is 10.3. The van der Waals surface area contributed by atoms with E-state index in [4.69, 9.17) is 4.74 Å². The summed E-state index contributed by atoms with van der Waals surface area (Å²) in [4.78, 5) is 14.5. The lowest BCUT2D eigenvalue weighted by atomic mass is 9.75. The van der Waals surface area contributed by atoms with Gasteiger partial charge in [0, 0.05) is 13.0 Å². The predicted molar refractivity (Wildman–Crippen MR) is 117 cm³/mol. The van der Waals surface area contributed by atoms with E-state index in [-0.39, 0.29) is 23.8 Å². The van der Waals surface area contributed by atoms with Crippen LogP contribution in [0.15, 0.2) is 84.9 Å². The van der Waals surface area contributed by atoms with Crippen molar-refractivity contribution < 1.29 is 14.6 Å². The third kappa shape index (κ3) is 3.83. The number of aliphatic hydroxyl groups excluding tert-OH is 1. The number of hydrogen-bond acceptors (Lipinski definition) is 3. The van der Waals surface area contributed by atoms with Crippen molar-refractivity contribution in [1.29, 1.82) is 0 Å². The van der Waals surface area contributed by atoms with Gasteiger partial charge >= 0.3 is 0 Å². The first-order chi connectivity index (χ1) is 14.6. The number of rotatable bonds is 7. The summed E-state index contributed by atoms with van der Waals surface area (Å²) in [5, 5.41) is 11.3. The average molecular weight is 402 g/mol. The van der Waals surface area contributed by atoms with Crippen molar-refractivity contribution in [2.75, 3.05) is 14.2 Å². The lowest BCUT2D eigenvalue weighted by Crippen LogP contribution is -2.53. The maximum atomic E-state index is 12.7. The van der Waals surface area contributed by atoms with Crippen LogP contribution in [-0.4, -0.2) is 36.2 Å². The van der Waals surface area contributed by atoms with E-state index in [0.29, 0.717) is 6.42 Å². The van der Waals surface area contributed by atoms with Crippen LogP contribution in [0.1, 0.15) is 35.1 Å². The Labute approximate surface area is 177 Å². The molecule has 1 N–H and O–H groups in total. The highest BCUT2D eigenvalue weighted by Gasteiger charge is 2.47. The largest absolute Gasteiger partial charge is 0.497 e. The summed E-state index contributed by atoms with van der Waals surface area (Å²) >= 11 is 0. The van der Waals surface area contributed by atoms with Gasteiger partial charge in [-0.05, 0) is 35.2 Å². The lowest BCUT2D eigenvalue weighted by molar-refractivity contribution is -0.156. The van der Waals surface area contributed by atoms with E-state index in [2.05, 4.69) is 0 Å². The van der Waals surface area contributed by atoms with Crippen LogP contribution in [0.3, 0.4) is 0 Å². The summed E-state index contributed by atoms with van der Waals surface area (Å²) in [7, 11) is 3.46. The number of ether oxygens (including phenoxy) is 1. The number of carbonyl (C=O) groups is 1. The van der Waals surface area contributed by atoms with Gasteiger partial charge in [-0.1, -0.05) is 72.8 Å². The summed E-state index contributed by atoms with van der Waals surface area (Å²) in [6.07, 6.45) is -0.257. The highest BCUT2D eigenvalue weighted by Crippen LogP contribution is 2.43. The number of aliphatic hydroxyl groups is 1. The highest BCUT2D eigenvalue weighted by atomic mass is 16.5. The Morgan fingerprint density at radius 1 is 0.900 bits per heavy atom. The zero-order valence-corrected chi connectivity index (χ0v) is 17.3. The van der Waals surface area contributed by atoms with Gasteiger partial charge in [-0.2, -0.15) is 0 Å². The van der Waals surface area contributed by atoms with E-state index < -0.39 is 6.10 Å². The summed E-state index contributed by atoms with van der Waals surface area (Å²) in [6, 6.07) is 27.8. The Hall–Kier alpha value is -3.11. The van der Waals surface area contributed by atoms with Gasteiger partial charge in [0.15, 0.2) is 0 Å². The van der Waals surface area contributed by atoms with Crippen molar-refractivity contribution in [3.8, 4) is 5.75 Å². The standard InChI is InChI=1S/C26H27NO3/c1-27-25(20-13-15-21(30-2)16-14-20)22(26(27)29)17-23(28)24(18-9-5-3-6-10-18)19-11-7-4-8-12-19/h3-16,22-25,28H,17H2,1-2H3/t22-,23-,25+/m1/s1. The van der Waals surface area contributed by atoms with Crippen LogP contribution in [-0.2, 0) is 4.79 Å². The van der Waals surface area contributed by atoms with Gasteiger partial charge in [-0.3, -0.25) is 4.79 Å². The smallest absolute Gasteiger partial charge is 0.228 e. The Morgan fingerprint density at radius 3 is 1.93 bits per heavy atom. The molecule has 1 fully saturated rings. The van der Waals surface area contributed by atoms with Crippen molar-refractivity contribution in [1.82, 2.24) is 4.90 Å². The molecule has 1 saturated heterocycles. The molecule has 4 rings (SSSR count). The molecular weight excluding hydrogens is 374 g/mol. The van der Waals surface area contributed by atoms with Crippen LogP contribution in [0.2, 0.25) is 0 Å². The fourth-order valence-corrected chi connectivity index (χ4v) is 4.56. The van der Waals surface area contributed by atoms with Gasteiger partial charge in [0.1, 0.15) is 5.75 Å². The molecule has 30 heavy (non-hydrogen) atoms. The quantitative estimate of drug-likeness (QED) is 0.597. The first kappa shape index (κ1) is 20.2. The van der Waals surface area contributed by atoms with Gasteiger partial charge in [-0.25, -0.2) is 0 Å². The highest BCUT2D eigenvalue weighted by molar-refractivity contribution is 5.86. The minimum Gasteiger partial charge on any atom is -0.497 e. The number of amides is 1. The SMILES string of the molecule is COc1ccc([C@H]2[C@@H](C[C@@H](O)C(c3ccccc3)c3ccccc3)C(=O)N2C)cc1. The molecule has 3 atom stereocenters. The fourth-order valence-electron chi connectivity index (χ4n) is 4.56. The number of carbonyl (C=O) groups excluding carboxylic acids is 1. The van der Waals surface area contributed by atoms with Crippen molar-refractivity contribution in [2.45, 2.75) is 24.5 Å². The van der Waals surface area contributed by atoms with E-state index in [9.17, 15) is 9.90 Å². The molecule has 154 valence electrons. The molecule has 3 aromatic carbocycles. The first-order valence-electron chi connectivity index (χ1n) is 10.3. The second kappa shape index (κ2) is 8.72. The summed E-state index contributed by atoms with van der Waals surface area (Å²) in [5.41, 5.74) is 3.17. The Bertz CT molecular complexity index is 933. The maximum Gasteiger partial charge on any atom is 0.228 e. The summed E-state index contributed by atoms with van der Waals surface area (Å²) in [6.45, 7) is 0. The summed E-state index contributed by atoms with van der Waals surface area (Å²) < 4.78 is 5.25. The van der Waals surface area contributed by atoms with E-state index in [0.717, 1.165) is 22.4 Å². The van der Waals surface area contributed by atoms with E-state index in [1.165, 1.54) is 0 Å². The molecule has 4 nitrogen and oxygen atoms in total. The number of methoxy groups -OCH3 is 1. The minimum atomic E-state index is -0.668. The molecule has 0 aliphatic carbocycles. The second-order valence-corrected chi connectivity index (χ2v) is 7.88. The van der Waals surface area contributed by atoms with Crippen LogP contribution in [0.5, 0.6) is 5.75 Å². The van der Waals surface area contributed by atoms with E-state index in [1.54, 1.807) is 12.0 Å². The molecule has 1 aliphatic heterocycles. The van der Waals surface area contributed by atoms with E-state index in [1.807, 2.05) is 92.0 Å². The van der Waals surface area contributed by atoms with Crippen molar-refractivity contribution in [3.05, 3.63) is 102 Å². The number of β-lactam (4-membered cyclic amide) rings is 1. The molecule has 4 heteroatoms. The number of hydrogen-bond donors (Lipinski definition) is 1.